The molecule has 96 valence electrons. The molecule has 0 aliphatic heterocycles. The maximum Gasteiger partial charge on any atom is 0.124 e. The summed E-state index contributed by atoms with van der Waals surface area (Å²) in [5, 5.41) is 6.30. The summed E-state index contributed by atoms with van der Waals surface area (Å²) in [5.74, 6) is -0.227. The highest BCUT2D eigenvalue weighted by molar-refractivity contribution is 9.10. The number of likely N-dealkylation sites (N-methyl/N-ethyl adjacent to an activating group) is 1. The van der Waals surface area contributed by atoms with E-state index in [1.165, 1.54) is 6.07 Å². The van der Waals surface area contributed by atoms with E-state index in [0.29, 0.717) is 0 Å². The van der Waals surface area contributed by atoms with E-state index in [1.807, 2.05) is 25.4 Å². The van der Waals surface area contributed by atoms with Crippen molar-refractivity contribution in [1.82, 2.24) is 10.3 Å². The molecule has 0 spiro atoms. The van der Waals surface area contributed by atoms with E-state index in [4.69, 9.17) is 0 Å². The van der Waals surface area contributed by atoms with Crippen molar-refractivity contribution in [2.45, 2.75) is 19.4 Å². The Hall–Kier alpha value is -0.780. The summed E-state index contributed by atoms with van der Waals surface area (Å²) in [7, 11) is 1.88. The molecule has 0 aliphatic rings. The topological polar surface area (TPSA) is 24.9 Å². The van der Waals surface area contributed by atoms with E-state index >= 15 is 0 Å². The third-order valence-electron chi connectivity index (χ3n) is 2.68. The molecule has 1 unspecified atom stereocenters. The van der Waals surface area contributed by atoms with Gasteiger partial charge >= 0.3 is 0 Å². The number of aromatic nitrogens is 1. The summed E-state index contributed by atoms with van der Waals surface area (Å²) in [5.41, 5.74) is 1.96. The number of hydrogen-bond acceptors (Lipinski definition) is 3. The number of benzene rings is 1. The van der Waals surface area contributed by atoms with Gasteiger partial charge in [-0.15, -0.1) is 11.3 Å². The first-order valence-corrected chi connectivity index (χ1v) is 7.30. The van der Waals surface area contributed by atoms with Crippen molar-refractivity contribution in [3.63, 3.8) is 0 Å². The Morgan fingerprint density at radius 1 is 1.44 bits per heavy atom. The van der Waals surface area contributed by atoms with Crippen LogP contribution in [0.15, 0.2) is 28.1 Å². The fourth-order valence-electron chi connectivity index (χ4n) is 1.83. The van der Waals surface area contributed by atoms with Gasteiger partial charge in [-0.25, -0.2) is 9.37 Å². The second-order valence-electron chi connectivity index (χ2n) is 4.13. The van der Waals surface area contributed by atoms with Crippen LogP contribution in [0.1, 0.15) is 22.3 Å². The molecule has 2 aromatic rings. The standard InChI is InChI=1S/C13H14BrFN2S/c1-8-7-18-13(17-8)6-12(16-2)9-3-10(14)5-11(15)4-9/h3-5,7,12,16H,6H2,1-2H3. The molecule has 5 heteroatoms. The molecule has 1 N–H and O–H groups in total. The van der Waals surface area contributed by atoms with Crippen LogP contribution in [0.25, 0.3) is 0 Å². The smallest absolute Gasteiger partial charge is 0.124 e. The Balaban J connectivity index is 2.22. The van der Waals surface area contributed by atoms with E-state index < -0.39 is 0 Å². The lowest BCUT2D eigenvalue weighted by atomic mass is 10.0. The van der Waals surface area contributed by atoms with Crippen molar-refractivity contribution in [2.75, 3.05) is 7.05 Å². The average Bonchev–Trinajstić information content (AvgIpc) is 2.70. The summed E-state index contributed by atoms with van der Waals surface area (Å²) >= 11 is 4.96. The fraction of sp³-hybridized carbons (Fsp3) is 0.308. The fourth-order valence-corrected chi connectivity index (χ4v) is 3.14. The number of hydrogen-bond donors (Lipinski definition) is 1. The third kappa shape index (κ3) is 3.37. The second kappa shape index (κ2) is 5.91. The zero-order valence-corrected chi connectivity index (χ0v) is 12.6. The molecule has 1 atom stereocenters. The summed E-state index contributed by atoms with van der Waals surface area (Å²) in [6, 6.07) is 5.03. The van der Waals surface area contributed by atoms with Gasteiger partial charge < -0.3 is 5.32 Å². The first-order chi connectivity index (χ1) is 8.58. The van der Waals surface area contributed by atoms with Crippen molar-refractivity contribution in [3.05, 3.63) is 50.1 Å². The molecule has 0 radical (unpaired) electrons. The lowest BCUT2D eigenvalue weighted by Gasteiger charge is -2.15. The van der Waals surface area contributed by atoms with Crippen molar-refractivity contribution in [1.29, 1.82) is 0 Å². The van der Waals surface area contributed by atoms with Crippen LogP contribution < -0.4 is 5.32 Å². The van der Waals surface area contributed by atoms with Gasteiger partial charge in [0.2, 0.25) is 0 Å². The van der Waals surface area contributed by atoms with Gasteiger partial charge in [0.1, 0.15) is 5.82 Å². The van der Waals surface area contributed by atoms with Gasteiger partial charge in [0, 0.05) is 28.0 Å². The van der Waals surface area contributed by atoms with E-state index in [1.54, 1.807) is 17.4 Å². The number of halogens is 2. The minimum atomic E-state index is -0.227. The molecule has 1 aromatic carbocycles. The molecule has 1 aromatic heterocycles. The van der Waals surface area contributed by atoms with Gasteiger partial charge in [-0.1, -0.05) is 15.9 Å². The molecule has 0 saturated heterocycles. The highest BCUT2D eigenvalue weighted by Crippen LogP contribution is 2.24. The summed E-state index contributed by atoms with van der Waals surface area (Å²) in [6.07, 6.45) is 0.769. The molecular weight excluding hydrogens is 315 g/mol. The van der Waals surface area contributed by atoms with E-state index in [9.17, 15) is 4.39 Å². The lowest BCUT2D eigenvalue weighted by molar-refractivity contribution is 0.575. The maximum absolute atomic E-state index is 13.4. The van der Waals surface area contributed by atoms with Crippen molar-refractivity contribution in [3.8, 4) is 0 Å². The highest BCUT2D eigenvalue weighted by Gasteiger charge is 2.13. The van der Waals surface area contributed by atoms with Crippen LogP contribution in [0.2, 0.25) is 0 Å². The van der Waals surface area contributed by atoms with E-state index in [-0.39, 0.29) is 11.9 Å². The van der Waals surface area contributed by atoms with Gasteiger partial charge in [0.15, 0.2) is 0 Å². The van der Waals surface area contributed by atoms with Crippen LogP contribution in [0, 0.1) is 12.7 Å². The Bertz CT molecular complexity index is 521. The second-order valence-corrected chi connectivity index (χ2v) is 5.99. The molecule has 0 aliphatic carbocycles. The third-order valence-corrected chi connectivity index (χ3v) is 4.13. The summed E-state index contributed by atoms with van der Waals surface area (Å²) in [6.45, 7) is 1.98. The Morgan fingerprint density at radius 2 is 2.22 bits per heavy atom. The SMILES string of the molecule is CNC(Cc1nc(C)cs1)c1cc(F)cc(Br)c1. The number of aryl methyl sites for hydroxylation is 1. The lowest BCUT2D eigenvalue weighted by Crippen LogP contribution is -2.19. The van der Waals surface area contributed by atoms with Crippen molar-refractivity contribution in [2.24, 2.45) is 0 Å². The molecule has 0 saturated carbocycles. The zero-order valence-electron chi connectivity index (χ0n) is 10.2. The predicted molar refractivity (Wildman–Crippen MR) is 76.5 cm³/mol. The van der Waals surface area contributed by atoms with Crippen LogP contribution in [0.3, 0.4) is 0 Å². The molecule has 2 rings (SSSR count). The van der Waals surface area contributed by atoms with Crippen LogP contribution in [-0.4, -0.2) is 12.0 Å². The quantitative estimate of drug-likeness (QED) is 0.921. The molecule has 2 nitrogen and oxygen atoms in total. The highest BCUT2D eigenvalue weighted by atomic mass is 79.9. The zero-order chi connectivity index (χ0) is 13.1. The minimum absolute atomic E-state index is 0.0718. The molecule has 0 fully saturated rings. The number of nitrogens with one attached hydrogen (secondary N) is 1. The monoisotopic (exact) mass is 328 g/mol. The summed E-state index contributed by atoms with van der Waals surface area (Å²) in [4.78, 5) is 4.44. The van der Waals surface area contributed by atoms with Crippen molar-refractivity contribution < 1.29 is 4.39 Å². The van der Waals surface area contributed by atoms with Gasteiger partial charge in [0.05, 0.1) is 5.01 Å². The normalized spacial score (nSPS) is 12.7. The Morgan fingerprint density at radius 3 is 2.78 bits per heavy atom. The molecule has 0 bridgehead atoms. The van der Waals surface area contributed by atoms with Gasteiger partial charge in [-0.05, 0) is 37.7 Å². The van der Waals surface area contributed by atoms with Crippen LogP contribution in [0.5, 0.6) is 0 Å². The minimum Gasteiger partial charge on any atom is -0.313 e. The first kappa shape index (κ1) is 13.6. The average molecular weight is 329 g/mol. The Labute approximate surface area is 118 Å². The predicted octanol–water partition coefficient (Wildman–Crippen LogP) is 3.86. The van der Waals surface area contributed by atoms with Crippen LogP contribution in [-0.2, 0) is 6.42 Å². The van der Waals surface area contributed by atoms with Crippen molar-refractivity contribution >= 4 is 27.3 Å². The largest absolute Gasteiger partial charge is 0.313 e. The van der Waals surface area contributed by atoms with Gasteiger partial charge in [-0.3, -0.25) is 0 Å². The van der Waals surface area contributed by atoms with E-state index in [0.717, 1.165) is 27.2 Å². The van der Waals surface area contributed by atoms with Crippen LogP contribution in [0.4, 0.5) is 4.39 Å². The number of thiazole rings is 1. The first-order valence-electron chi connectivity index (χ1n) is 5.62. The number of rotatable bonds is 4. The summed E-state index contributed by atoms with van der Waals surface area (Å²) < 4.78 is 14.2. The molecular formula is C13H14BrFN2S. The molecule has 18 heavy (non-hydrogen) atoms. The molecule has 0 amide bonds. The number of nitrogens with zero attached hydrogens (tertiary/aromatic N) is 1. The van der Waals surface area contributed by atoms with Gasteiger partial charge in [0.25, 0.3) is 0 Å². The van der Waals surface area contributed by atoms with E-state index in [2.05, 4.69) is 26.2 Å². The van der Waals surface area contributed by atoms with Gasteiger partial charge in [-0.2, -0.15) is 0 Å². The van der Waals surface area contributed by atoms with Crippen LogP contribution >= 0.6 is 27.3 Å². The maximum atomic E-state index is 13.4. The molecule has 1 heterocycles. The Kier molecular flexibility index (Phi) is 4.48.